The van der Waals surface area contributed by atoms with Gasteiger partial charge in [-0.1, -0.05) is 39.8 Å². The average Bonchev–Trinajstić information content (AvgIpc) is 2.97. The molecule has 1 heterocycles. The highest BCUT2D eigenvalue weighted by molar-refractivity contribution is 5.90. The number of carbonyl (C=O) groups is 1. The van der Waals surface area contributed by atoms with Crippen molar-refractivity contribution in [2.24, 2.45) is 5.92 Å². The number of benzene rings is 1. The lowest BCUT2D eigenvalue weighted by molar-refractivity contribution is 0.0935. The predicted molar refractivity (Wildman–Crippen MR) is 91.3 cm³/mol. The molecule has 0 saturated heterocycles. The SMILES string of the molecule is CC(C)COc1ccc(C(C)(C)CNC(=O)c2n[nH]c(=O)[nH]2)cc1. The van der Waals surface area contributed by atoms with E-state index in [-0.39, 0.29) is 11.2 Å². The second kappa shape index (κ2) is 7.33. The highest BCUT2D eigenvalue weighted by atomic mass is 16.5. The molecule has 0 atom stereocenters. The van der Waals surface area contributed by atoms with Crippen LogP contribution in [0.5, 0.6) is 5.75 Å². The summed E-state index contributed by atoms with van der Waals surface area (Å²) in [7, 11) is 0. The van der Waals surface area contributed by atoms with Crippen LogP contribution >= 0.6 is 0 Å². The predicted octanol–water partition coefficient (Wildman–Crippen LogP) is 1.84. The fourth-order valence-electron chi connectivity index (χ4n) is 2.13. The van der Waals surface area contributed by atoms with Crippen molar-refractivity contribution in [2.75, 3.05) is 13.2 Å². The van der Waals surface area contributed by atoms with Crippen LogP contribution in [0.3, 0.4) is 0 Å². The summed E-state index contributed by atoms with van der Waals surface area (Å²) < 4.78 is 5.68. The molecule has 7 heteroatoms. The van der Waals surface area contributed by atoms with Gasteiger partial charge in [-0.2, -0.15) is 0 Å². The first-order chi connectivity index (χ1) is 11.3. The van der Waals surface area contributed by atoms with Crippen LogP contribution in [0.25, 0.3) is 0 Å². The van der Waals surface area contributed by atoms with Crippen molar-refractivity contribution in [3.63, 3.8) is 0 Å². The van der Waals surface area contributed by atoms with Gasteiger partial charge in [-0.05, 0) is 23.6 Å². The van der Waals surface area contributed by atoms with Crippen LogP contribution in [0.1, 0.15) is 43.9 Å². The van der Waals surface area contributed by atoms with Crippen molar-refractivity contribution in [3.05, 3.63) is 46.1 Å². The molecule has 24 heavy (non-hydrogen) atoms. The Balaban J connectivity index is 1.96. The van der Waals surface area contributed by atoms with Crippen molar-refractivity contribution in [1.29, 1.82) is 0 Å². The number of ether oxygens (including phenoxy) is 1. The number of aromatic amines is 2. The van der Waals surface area contributed by atoms with E-state index in [1.165, 1.54) is 0 Å². The van der Waals surface area contributed by atoms with Crippen molar-refractivity contribution < 1.29 is 9.53 Å². The van der Waals surface area contributed by atoms with Crippen LogP contribution in [0.4, 0.5) is 0 Å². The lowest BCUT2D eigenvalue weighted by atomic mass is 9.84. The molecule has 3 N–H and O–H groups in total. The van der Waals surface area contributed by atoms with Gasteiger partial charge in [-0.25, -0.2) is 9.89 Å². The molecular weight excluding hydrogens is 308 g/mol. The van der Waals surface area contributed by atoms with Gasteiger partial charge in [0, 0.05) is 12.0 Å². The summed E-state index contributed by atoms with van der Waals surface area (Å²) in [4.78, 5) is 25.3. The standard InChI is InChI=1S/C17H24N4O3/c1-11(2)9-24-13-7-5-12(6-8-13)17(3,4)10-18-15(22)14-19-16(23)21-20-14/h5-8,11H,9-10H2,1-4H3,(H,18,22)(H2,19,20,21,23). The van der Waals surface area contributed by atoms with Crippen LogP contribution in [0.15, 0.2) is 29.1 Å². The molecule has 130 valence electrons. The van der Waals surface area contributed by atoms with Gasteiger partial charge in [0.05, 0.1) is 6.61 Å². The Morgan fingerprint density at radius 1 is 1.29 bits per heavy atom. The molecule has 0 unspecified atom stereocenters. The van der Waals surface area contributed by atoms with Gasteiger partial charge in [0.25, 0.3) is 5.91 Å². The van der Waals surface area contributed by atoms with E-state index in [1.807, 2.05) is 38.1 Å². The van der Waals surface area contributed by atoms with Gasteiger partial charge < -0.3 is 10.1 Å². The minimum absolute atomic E-state index is 0.0202. The van der Waals surface area contributed by atoms with E-state index in [0.29, 0.717) is 19.1 Å². The fraction of sp³-hybridized carbons (Fsp3) is 0.471. The number of aromatic nitrogens is 3. The number of nitrogens with one attached hydrogen (secondary N) is 3. The molecule has 0 aliphatic carbocycles. The van der Waals surface area contributed by atoms with Crippen LogP contribution in [0.2, 0.25) is 0 Å². The maximum Gasteiger partial charge on any atom is 0.341 e. The average molecular weight is 332 g/mol. The molecule has 0 aliphatic rings. The Labute approximate surface area is 140 Å². The highest BCUT2D eigenvalue weighted by Gasteiger charge is 2.22. The molecule has 0 radical (unpaired) electrons. The number of carbonyl (C=O) groups excluding carboxylic acids is 1. The number of H-pyrrole nitrogens is 2. The molecular formula is C17H24N4O3. The molecule has 1 amide bonds. The summed E-state index contributed by atoms with van der Waals surface area (Å²) in [5.41, 5.74) is 0.301. The van der Waals surface area contributed by atoms with E-state index >= 15 is 0 Å². The molecule has 0 spiro atoms. The van der Waals surface area contributed by atoms with E-state index < -0.39 is 11.6 Å². The Hall–Kier alpha value is -2.57. The van der Waals surface area contributed by atoms with Crippen LogP contribution in [-0.2, 0) is 5.41 Å². The molecule has 1 aromatic heterocycles. The number of amides is 1. The smallest absolute Gasteiger partial charge is 0.341 e. The highest BCUT2D eigenvalue weighted by Crippen LogP contribution is 2.24. The molecule has 0 bridgehead atoms. The van der Waals surface area contributed by atoms with E-state index in [9.17, 15) is 9.59 Å². The number of nitrogens with zero attached hydrogens (tertiary/aromatic N) is 1. The van der Waals surface area contributed by atoms with Gasteiger partial charge >= 0.3 is 5.69 Å². The summed E-state index contributed by atoms with van der Waals surface area (Å²) >= 11 is 0. The second-order valence-corrected chi connectivity index (χ2v) is 6.82. The third kappa shape index (κ3) is 4.71. The summed E-state index contributed by atoms with van der Waals surface area (Å²) in [6.45, 7) is 9.36. The first-order valence-corrected chi connectivity index (χ1v) is 7.94. The molecule has 0 saturated carbocycles. The molecule has 0 aliphatic heterocycles. The maximum atomic E-state index is 12.0. The largest absolute Gasteiger partial charge is 0.493 e. The van der Waals surface area contributed by atoms with Crippen LogP contribution in [-0.4, -0.2) is 34.2 Å². The quantitative estimate of drug-likeness (QED) is 0.720. The molecule has 2 aromatic rings. The zero-order chi connectivity index (χ0) is 17.7. The van der Waals surface area contributed by atoms with Crippen molar-refractivity contribution in [3.8, 4) is 5.75 Å². The van der Waals surface area contributed by atoms with E-state index in [1.54, 1.807) is 0 Å². The first-order valence-electron chi connectivity index (χ1n) is 7.94. The molecule has 0 fully saturated rings. The molecule has 2 rings (SSSR count). The Bertz CT molecular complexity index is 729. The fourth-order valence-corrected chi connectivity index (χ4v) is 2.13. The van der Waals surface area contributed by atoms with Gasteiger partial charge in [-0.15, -0.1) is 5.10 Å². The minimum Gasteiger partial charge on any atom is -0.493 e. The molecule has 7 nitrogen and oxygen atoms in total. The Kier molecular flexibility index (Phi) is 5.43. The lowest BCUT2D eigenvalue weighted by Crippen LogP contribution is -2.37. The third-order valence-corrected chi connectivity index (χ3v) is 3.63. The van der Waals surface area contributed by atoms with Gasteiger partial charge in [0.2, 0.25) is 5.82 Å². The van der Waals surface area contributed by atoms with E-state index in [0.717, 1.165) is 11.3 Å². The van der Waals surface area contributed by atoms with E-state index in [2.05, 4.69) is 34.3 Å². The van der Waals surface area contributed by atoms with Crippen molar-refractivity contribution >= 4 is 5.91 Å². The van der Waals surface area contributed by atoms with Gasteiger partial charge in [0.1, 0.15) is 5.75 Å². The summed E-state index contributed by atoms with van der Waals surface area (Å²) in [6, 6.07) is 7.87. The maximum absolute atomic E-state index is 12.0. The van der Waals surface area contributed by atoms with E-state index in [4.69, 9.17) is 4.74 Å². The Morgan fingerprint density at radius 2 is 1.96 bits per heavy atom. The Morgan fingerprint density at radius 3 is 2.50 bits per heavy atom. The monoisotopic (exact) mass is 332 g/mol. The van der Waals surface area contributed by atoms with Crippen molar-refractivity contribution in [2.45, 2.75) is 33.1 Å². The summed E-state index contributed by atoms with van der Waals surface area (Å²) in [5, 5.41) is 8.57. The second-order valence-electron chi connectivity index (χ2n) is 6.82. The topological polar surface area (TPSA) is 99.9 Å². The van der Waals surface area contributed by atoms with Gasteiger partial charge in [0.15, 0.2) is 0 Å². The zero-order valence-electron chi connectivity index (χ0n) is 14.5. The third-order valence-electron chi connectivity index (χ3n) is 3.63. The number of hydrogen-bond acceptors (Lipinski definition) is 4. The minimum atomic E-state index is -0.503. The van der Waals surface area contributed by atoms with Gasteiger partial charge in [-0.3, -0.25) is 9.78 Å². The van der Waals surface area contributed by atoms with Crippen molar-refractivity contribution in [1.82, 2.24) is 20.5 Å². The molecule has 1 aromatic carbocycles. The zero-order valence-corrected chi connectivity index (χ0v) is 14.5. The first kappa shape index (κ1) is 17.8. The number of hydrogen-bond donors (Lipinski definition) is 3. The summed E-state index contributed by atoms with van der Waals surface area (Å²) in [5.74, 6) is 0.873. The number of rotatable bonds is 7. The van der Waals surface area contributed by atoms with Crippen LogP contribution in [0, 0.1) is 5.92 Å². The summed E-state index contributed by atoms with van der Waals surface area (Å²) in [6.07, 6.45) is 0. The van der Waals surface area contributed by atoms with Crippen LogP contribution < -0.4 is 15.7 Å². The normalized spacial score (nSPS) is 11.5. The lowest BCUT2D eigenvalue weighted by Gasteiger charge is -2.25.